The number of aromatic nitrogens is 2. The van der Waals surface area contributed by atoms with Gasteiger partial charge < -0.3 is 14.4 Å². The molecule has 6 nitrogen and oxygen atoms in total. The van der Waals surface area contributed by atoms with Gasteiger partial charge in [-0.2, -0.15) is 5.10 Å². The molecule has 1 unspecified atom stereocenters. The Balaban J connectivity index is 1.49. The number of hydrogen-bond acceptors (Lipinski definition) is 4. The highest BCUT2D eigenvalue weighted by molar-refractivity contribution is 5.93. The predicted molar refractivity (Wildman–Crippen MR) is 83.8 cm³/mol. The summed E-state index contributed by atoms with van der Waals surface area (Å²) in [6, 6.07) is 5.47. The second-order valence-corrected chi connectivity index (χ2v) is 6.77. The smallest absolute Gasteiger partial charge is 0.274 e. The fourth-order valence-electron chi connectivity index (χ4n) is 3.44. The van der Waals surface area contributed by atoms with E-state index in [0.717, 1.165) is 38.0 Å². The predicted octanol–water partition coefficient (Wildman–Crippen LogP) is 2.36. The van der Waals surface area contributed by atoms with Gasteiger partial charge in [-0.1, -0.05) is 0 Å². The van der Waals surface area contributed by atoms with Gasteiger partial charge in [0.2, 0.25) is 0 Å². The molecular weight excluding hydrogens is 294 g/mol. The number of amides is 1. The molecule has 2 aliphatic rings. The molecule has 2 fully saturated rings. The second kappa shape index (κ2) is 5.23. The number of hydrogen-bond donors (Lipinski definition) is 2. The van der Waals surface area contributed by atoms with Gasteiger partial charge in [0, 0.05) is 25.1 Å². The molecule has 0 aromatic carbocycles. The van der Waals surface area contributed by atoms with Gasteiger partial charge in [-0.15, -0.1) is 0 Å². The highest BCUT2D eigenvalue weighted by Crippen LogP contribution is 2.45. The fourth-order valence-corrected chi connectivity index (χ4v) is 3.44. The van der Waals surface area contributed by atoms with E-state index in [0.29, 0.717) is 23.7 Å². The van der Waals surface area contributed by atoms with Crippen molar-refractivity contribution >= 4 is 5.91 Å². The zero-order valence-corrected chi connectivity index (χ0v) is 13.2. The van der Waals surface area contributed by atoms with Crippen LogP contribution in [0.4, 0.5) is 0 Å². The monoisotopic (exact) mass is 315 g/mol. The number of aryl methyl sites for hydroxylation is 1. The standard InChI is InChI=1S/C17H21N3O3/c1-11-4-5-15(23-11)13-9-14(19-18-13)16(21)20-8-2-3-12(10-20)17(22)6-7-17/h4-5,9,12,22H,2-3,6-8,10H2,1H3,(H,18,19). The minimum atomic E-state index is -0.526. The molecule has 2 N–H and O–H groups in total. The van der Waals surface area contributed by atoms with Gasteiger partial charge in [-0.05, 0) is 44.7 Å². The summed E-state index contributed by atoms with van der Waals surface area (Å²) in [6.45, 7) is 3.23. The maximum atomic E-state index is 12.7. The van der Waals surface area contributed by atoms with Crippen molar-refractivity contribution in [1.29, 1.82) is 0 Å². The molecule has 1 saturated carbocycles. The van der Waals surface area contributed by atoms with Crippen LogP contribution in [-0.2, 0) is 0 Å². The summed E-state index contributed by atoms with van der Waals surface area (Å²) in [4.78, 5) is 14.5. The Morgan fingerprint density at radius 3 is 3.00 bits per heavy atom. The number of carbonyl (C=O) groups is 1. The van der Waals surface area contributed by atoms with Crippen LogP contribution >= 0.6 is 0 Å². The van der Waals surface area contributed by atoms with Crippen LogP contribution in [0.5, 0.6) is 0 Å². The molecule has 0 radical (unpaired) electrons. The average Bonchev–Trinajstić information content (AvgIpc) is 2.98. The van der Waals surface area contributed by atoms with Gasteiger partial charge in [0.05, 0.1) is 5.60 Å². The van der Waals surface area contributed by atoms with E-state index in [-0.39, 0.29) is 11.8 Å². The zero-order chi connectivity index (χ0) is 16.0. The first-order valence-corrected chi connectivity index (χ1v) is 8.19. The molecule has 23 heavy (non-hydrogen) atoms. The van der Waals surface area contributed by atoms with Gasteiger partial charge in [0.1, 0.15) is 11.5 Å². The van der Waals surface area contributed by atoms with Crippen LogP contribution < -0.4 is 0 Å². The first-order chi connectivity index (χ1) is 11.0. The number of rotatable bonds is 3. The van der Waals surface area contributed by atoms with Crippen molar-refractivity contribution in [2.24, 2.45) is 5.92 Å². The normalized spacial score (nSPS) is 23.0. The number of nitrogens with one attached hydrogen (secondary N) is 1. The SMILES string of the molecule is Cc1ccc(-c2cc(C(=O)N3CCCC(C4(O)CC4)C3)n[nH]2)o1. The lowest BCUT2D eigenvalue weighted by Crippen LogP contribution is -2.44. The minimum absolute atomic E-state index is 0.0790. The minimum Gasteiger partial charge on any atom is -0.460 e. The van der Waals surface area contributed by atoms with Gasteiger partial charge in [-0.25, -0.2) is 0 Å². The van der Waals surface area contributed by atoms with Gasteiger partial charge in [0.15, 0.2) is 11.5 Å². The molecular formula is C17H21N3O3. The molecule has 1 aliphatic carbocycles. The lowest BCUT2D eigenvalue weighted by Gasteiger charge is -2.35. The third-order valence-electron chi connectivity index (χ3n) is 5.03. The van der Waals surface area contributed by atoms with E-state index in [1.165, 1.54) is 0 Å². The maximum Gasteiger partial charge on any atom is 0.274 e. The molecule has 2 aromatic heterocycles. The van der Waals surface area contributed by atoms with E-state index >= 15 is 0 Å². The Bertz CT molecular complexity index is 729. The zero-order valence-electron chi connectivity index (χ0n) is 13.2. The molecule has 2 aromatic rings. The summed E-state index contributed by atoms with van der Waals surface area (Å²) in [5, 5.41) is 17.3. The third-order valence-corrected chi connectivity index (χ3v) is 5.03. The number of piperidine rings is 1. The molecule has 122 valence electrons. The van der Waals surface area contributed by atoms with Crippen molar-refractivity contribution < 1.29 is 14.3 Å². The van der Waals surface area contributed by atoms with E-state index in [9.17, 15) is 9.90 Å². The van der Waals surface area contributed by atoms with Gasteiger partial charge in [0.25, 0.3) is 5.91 Å². The Hall–Kier alpha value is -2.08. The van der Waals surface area contributed by atoms with Crippen molar-refractivity contribution in [3.05, 3.63) is 29.7 Å². The van der Waals surface area contributed by atoms with Gasteiger partial charge in [-0.3, -0.25) is 9.89 Å². The number of H-pyrrole nitrogens is 1. The Labute approximate surface area is 134 Å². The first kappa shape index (κ1) is 14.5. The van der Waals surface area contributed by atoms with Crippen LogP contribution in [0.15, 0.2) is 22.6 Å². The molecule has 3 heterocycles. The number of aliphatic hydroxyl groups is 1. The van der Waals surface area contributed by atoms with Crippen LogP contribution in [-0.4, -0.2) is 44.8 Å². The summed E-state index contributed by atoms with van der Waals surface area (Å²) in [5.74, 6) is 1.62. The van der Waals surface area contributed by atoms with Crippen LogP contribution in [0.25, 0.3) is 11.5 Å². The van der Waals surface area contributed by atoms with E-state index in [1.54, 1.807) is 6.07 Å². The number of furan rings is 1. The first-order valence-electron chi connectivity index (χ1n) is 8.19. The number of likely N-dealkylation sites (tertiary alicyclic amines) is 1. The summed E-state index contributed by atoms with van der Waals surface area (Å²) >= 11 is 0. The molecule has 1 atom stereocenters. The lowest BCUT2D eigenvalue weighted by molar-refractivity contribution is 0.0279. The van der Waals surface area contributed by atoms with Crippen molar-refractivity contribution in [2.45, 2.75) is 38.2 Å². The maximum absolute atomic E-state index is 12.7. The Morgan fingerprint density at radius 1 is 1.48 bits per heavy atom. The van der Waals surface area contributed by atoms with E-state index in [2.05, 4.69) is 10.2 Å². The highest BCUT2D eigenvalue weighted by Gasteiger charge is 2.49. The molecule has 4 rings (SSSR count). The molecule has 0 bridgehead atoms. The molecule has 0 spiro atoms. The largest absolute Gasteiger partial charge is 0.460 e. The average molecular weight is 315 g/mol. The molecule has 1 aliphatic heterocycles. The van der Waals surface area contributed by atoms with Crippen molar-refractivity contribution in [1.82, 2.24) is 15.1 Å². The fraction of sp³-hybridized carbons (Fsp3) is 0.529. The van der Waals surface area contributed by atoms with Crippen molar-refractivity contribution in [3.63, 3.8) is 0 Å². The molecule has 1 amide bonds. The molecule has 6 heteroatoms. The van der Waals surface area contributed by atoms with E-state index in [1.807, 2.05) is 24.0 Å². The van der Waals surface area contributed by atoms with Crippen LogP contribution in [0.2, 0.25) is 0 Å². The van der Waals surface area contributed by atoms with Crippen LogP contribution in [0, 0.1) is 12.8 Å². The number of aromatic amines is 1. The summed E-state index contributed by atoms with van der Waals surface area (Å²) in [5.41, 5.74) is 0.579. The van der Waals surface area contributed by atoms with Crippen LogP contribution in [0.1, 0.15) is 41.9 Å². The number of nitrogens with zero attached hydrogens (tertiary/aromatic N) is 2. The lowest BCUT2D eigenvalue weighted by atomic mass is 9.90. The Morgan fingerprint density at radius 2 is 2.30 bits per heavy atom. The summed E-state index contributed by atoms with van der Waals surface area (Å²) in [6.07, 6.45) is 3.67. The number of carbonyl (C=O) groups excluding carboxylic acids is 1. The Kier molecular flexibility index (Phi) is 3.30. The quantitative estimate of drug-likeness (QED) is 0.911. The van der Waals surface area contributed by atoms with Crippen molar-refractivity contribution in [3.8, 4) is 11.5 Å². The topological polar surface area (TPSA) is 82.4 Å². The third kappa shape index (κ3) is 2.67. The van der Waals surface area contributed by atoms with E-state index in [4.69, 9.17) is 4.42 Å². The van der Waals surface area contributed by atoms with Crippen molar-refractivity contribution in [2.75, 3.05) is 13.1 Å². The van der Waals surface area contributed by atoms with Crippen LogP contribution in [0.3, 0.4) is 0 Å². The van der Waals surface area contributed by atoms with E-state index < -0.39 is 5.60 Å². The van der Waals surface area contributed by atoms with Gasteiger partial charge >= 0.3 is 0 Å². The summed E-state index contributed by atoms with van der Waals surface area (Å²) < 4.78 is 5.55. The molecule has 1 saturated heterocycles. The second-order valence-electron chi connectivity index (χ2n) is 6.77. The summed E-state index contributed by atoms with van der Waals surface area (Å²) in [7, 11) is 0. The highest BCUT2D eigenvalue weighted by atomic mass is 16.3.